The lowest BCUT2D eigenvalue weighted by Gasteiger charge is -2.22. The Labute approximate surface area is 185 Å². The molecule has 5 aliphatic rings. The van der Waals surface area contributed by atoms with Gasteiger partial charge < -0.3 is 4.74 Å². The van der Waals surface area contributed by atoms with Crippen molar-refractivity contribution in [3.8, 4) is 0 Å². The Hall–Kier alpha value is -2.71. The molecule has 158 valence electrons. The van der Waals surface area contributed by atoms with E-state index < -0.39 is 0 Å². The molecular weight excluding hydrogens is 380 g/mol. The third-order valence-electron chi connectivity index (χ3n) is 6.74. The van der Waals surface area contributed by atoms with Crippen LogP contribution in [-0.4, -0.2) is 19.0 Å². The average molecular weight is 411 g/mol. The molecule has 0 bridgehead atoms. The molecule has 2 unspecified atom stereocenters. The minimum Gasteiger partial charge on any atom is -0.377 e. The molecule has 0 amide bonds. The first-order valence-corrected chi connectivity index (χ1v) is 11.5. The van der Waals surface area contributed by atoms with Crippen molar-refractivity contribution in [2.75, 3.05) is 13.2 Å². The Morgan fingerprint density at radius 3 is 2.74 bits per heavy atom. The van der Waals surface area contributed by atoms with Crippen LogP contribution in [0, 0.1) is 17.8 Å². The van der Waals surface area contributed by atoms with Crippen molar-refractivity contribution in [2.24, 2.45) is 17.8 Å². The molecule has 1 saturated carbocycles. The fourth-order valence-corrected chi connectivity index (χ4v) is 4.68. The minimum atomic E-state index is 0.195. The van der Waals surface area contributed by atoms with Crippen LogP contribution in [0.3, 0.4) is 0 Å². The fraction of sp³-hybridized carbons (Fsp3) is 0.345. The van der Waals surface area contributed by atoms with E-state index in [1.165, 1.54) is 36.0 Å². The summed E-state index contributed by atoms with van der Waals surface area (Å²) in [6, 6.07) is 0. The van der Waals surface area contributed by atoms with Crippen molar-refractivity contribution in [3.05, 3.63) is 107 Å². The monoisotopic (exact) mass is 410 g/mol. The van der Waals surface area contributed by atoms with Crippen LogP contribution >= 0.6 is 0 Å². The maximum Gasteiger partial charge on any atom is 0.163 e. The summed E-state index contributed by atoms with van der Waals surface area (Å²) in [6.45, 7) is 5.74. The molecule has 0 radical (unpaired) electrons. The van der Waals surface area contributed by atoms with Crippen LogP contribution in [-0.2, 0) is 9.53 Å². The highest BCUT2D eigenvalue weighted by Gasteiger charge is 2.23. The van der Waals surface area contributed by atoms with Gasteiger partial charge in [-0.15, -0.1) is 0 Å². The van der Waals surface area contributed by atoms with E-state index in [1.807, 2.05) is 24.3 Å². The van der Waals surface area contributed by atoms with Gasteiger partial charge in [-0.2, -0.15) is 0 Å². The third kappa shape index (κ3) is 4.80. The number of ether oxygens (including phenoxy) is 1. The first kappa shape index (κ1) is 20.2. The summed E-state index contributed by atoms with van der Waals surface area (Å²) in [4.78, 5) is 12.9. The van der Waals surface area contributed by atoms with Crippen molar-refractivity contribution in [3.63, 3.8) is 0 Å². The van der Waals surface area contributed by atoms with Crippen molar-refractivity contribution in [1.82, 2.24) is 0 Å². The highest BCUT2D eigenvalue weighted by Crippen LogP contribution is 2.35. The number of rotatable bonds is 9. The summed E-state index contributed by atoms with van der Waals surface area (Å²) in [5.41, 5.74) is 6.77. The van der Waals surface area contributed by atoms with Gasteiger partial charge in [-0.3, -0.25) is 4.79 Å². The average Bonchev–Trinajstić information content (AvgIpc) is 3.52. The van der Waals surface area contributed by atoms with Gasteiger partial charge in [0, 0.05) is 30.4 Å². The number of hydrogen-bond donors (Lipinski definition) is 0. The minimum absolute atomic E-state index is 0.195. The SMILES string of the molecule is C=C1C=C(C(=O)CCC2=CC3C=C(COCCC4CC4)C=CC3=C2)C=C2C=CC=CC12. The Morgan fingerprint density at radius 2 is 1.87 bits per heavy atom. The van der Waals surface area contributed by atoms with Crippen LogP contribution in [0.4, 0.5) is 0 Å². The van der Waals surface area contributed by atoms with E-state index in [1.54, 1.807) is 0 Å². The first-order valence-electron chi connectivity index (χ1n) is 11.5. The molecule has 0 N–H and O–H groups in total. The van der Waals surface area contributed by atoms with Gasteiger partial charge in [-0.25, -0.2) is 0 Å². The molecule has 2 nitrogen and oxygen atoms in total. The molecule has 5 rings (SSSR count). The second-order valence-electron chi connectivity index (χ2n) is 9.24. The number of fused-ring (bicyclic) bond motifs is 2. The van der Waals surface area contributed by atoms with E-state index >= 15 is 0 Å². The zero-order chi connectivity index (χ0) is 21.2. The molecule has 31 heavy (non-hydrogen) atoms. The number of carbonyl (C=O) groups is 1. The third-order valence-corrected chi connectivity index (χ3v) is 6.74. The second kappa shape index (κ2) is 8.80. The van der Waals surface area contributed by atoms with E-state index in [-0.39, 0.29) is 11.7 Å². The van der Waals surface area contributed by atoms with Gasteiger partial charge in [0.05, 0.1) is 6.61 Å². The van der Waals surface area contributed by atoms with Crippen LogP contribution < -0.4 is 0 Å². The molecule has 0 aromatic carbocycles. The van der Waals surface area contributed by atoms with Gasteiger partial charge >= 0.3 is 0 Å². The zero-order valence-corrected chi connectivity index (χ0v) is 18.1. The number of ketones is 1. The Bertz CT molecular complexity index is 1030. The summed E-state index contributed by atoms with van der Waals surface area (Å²) in [6.07, 6.45) is 28.8. The predicted octanol–water partition coefficient (Wildman–Crippen LogP) is 6.30. The topological polar surface area (TPSA) is 26.3 Å². The zero-order valence-electron chi connectivity index (χ0n) is 18.1. The van der Waals surface area contributed by atoms with Crippen LogP contribution in [0.5, 0.6) is 0 Å². The van der Waals surface area contributed by atoms with Gasteiger partial charge in [0.15, 0.2) is 5.78 Å². The lowest BCUT2D eigenvalue weighted by atomic mass is 9.81. The Balaban J connectivity index is 1.15. The normalized spacial score (nSPS) is 25.9. The van der Waals surface area contributed by atoms with Crippen molar-refractivity contribution in [2.45, 2.75) is 32.1 Å². The highest BCUT2D eigenvalue weighted by atomic mass is 16.5. The van der Waals surface area contributed by atoms with Gasteiger partial charge in [-0.1, -0.05) is 79.7 Å². The summed E-state index contributed by atoms with van der Waals surface area (Å²) in [5, 5.41) is 0. The van der Waals surface area contributed by atoms with Gasteiger partial charge in [0.2, 0.25) is 0 Å². The maximum absolute atomic E-state index is 12.9. The van der Waals surface area contributed by atoms with Gasteiger partial charge in [-0.05, 0) is 53.2 Å². The lowest BCUT2D eigenvalue weighted by Crippen LogP contribution is -2.12. The van der Waals surface area contributed by atoms with Crippen LogP contribution in [0.25, 0.3) is 0 Å². The smallest absolute Gasteiger partial charge is 0.163 e. The largest absolute Gasteiger partial charge is 0.377 e. The van der Waals surface area contributed by atoms with Crippen LogP contribution in [0.1, 0.15) is 32.1 Å². The van der Waals surface area contributed by atoms with E-state index in [4.69, 9.17) is 4.74 Å². The molecule has 1 fully saturated rings. The molecule has 0 aliphatic heterocycles. The highest BCUT2D eigenvalue weighted by molar-refractivity contribution is 5.99. The van der Waals surface area contributed by atoms with Crippen LogP contribution in [0.2, 0.25) is 0 Å². The van der Waals surface area contributed by atoms with E-state index in [0.717, 1.165) is 35.7 Å². The second-order valence-corrected chi connectivity index (χ2v) is 9.24. The summed E-state index contributed by atoms with van der Waals surface area (Å²) < 4.78 is 5.86. The Morgan fingerprint density at radius 1 is 1.00 bits per heavy atom. The predicted molar refractivity (Wildman–Crippen MR) is 126 cm³/mol. The molecule has 2 atom stereocenters. The molecule has 2 heteroatoms. The van der Waals surface area contributed by atoms with Crippen LogP contribution in [0.15, 0.2) is 107 Å². The fourth-order valence-electron chi connectivity index (χ4n) is 4.68. The van der Waals surface area contributed by atoms with E-state index in [9.17, 15) is 4.79 Å². The van der Waals surface area contributed by atoms with Crippen molar-refractivity contribution >= 4 is 5.78 Å². The molecule has 5 aliphatic carbocycles. The molecule has 0 spiro atoms. The summed E-state index contributed by atoms with van der Waals surface area (Å²) in [7, 11) is 0. The number of Topliss-reactive ketones (excluding diaryl/α,β-unsaturated/α-hetero) is 1. The lowest BCUT2D eigenvalue weighted by molar-refractivity contribution is -0.115. The summed E-state index contributed by atoms with van der Waals surface area (Å²) in [5.74, 6) is 1.66. The number of allylic oxidation sites excluding steroid dienone is 15. The van der Waals surface area contributed by atoms with Crippen molar-refractivity contribution in [1.29, 1.82) is 0 Å². The Kier molecular flexibility index (Phi) is 5.74. The molecule has 0 heterocycles. The van der Waals surface area contributed by atoms with Gasteiger partial charge in [0.25, 0.3) is 0 Å². The van der Waals surface area contributed by atoms with E-state index in [0.29, 0.717) is 18.9 Å². The molecule has 0 saturated heterocycles. The number of carbonyl (C=O) groups excluding carboxylic acids is 1. The van der Waals surface area contributed by atoms with E-state index in [2.05, 4.69) is 49.1 Å². The summed E-state index contributed by atoms with van der Waals surface area (Å²) >= 11 is 0. The maximum atomic E-state index is 12.9. The quantitative estimate of drug-likeness (QED) is 0.417. The molecule has 0 aromatic rings. The standard InChI is InChI=1S/C29H30O2/c1-20-14-27(18-25-4-2-3-5-28(20)25)29(30)11-9-22-15-24-10-8-23(17-26(24)16-22)19-31-13-12-21-6-7-21/h2-5,8,10,14-18,21,26,28H,1,6-7,9,11-13,19H2. The molecule has 0 aromatic heterocycles. The number of hydrogen-bond acceptors (Lipinski definition) is 2. The molecular formula is C29H30O2. The van der Waals surface area contributed by atoms with Gasteiger partial charge in [0.1, 0.15) is 0 Å². The van der Waals surface area contributed by atoms with Crippen molar-refractivity contribution < 1.29 is 9.53 Å². The first-order chi connectivity index (χ1) is 15.2.